The lowest BCUT2D eigenvalue weighted by atomic mass is 9.83. The molecule has 1 spiro atoms. The van der Waals surface area contributed by atoms with Gasteiger partial charge in [-0.25, -0.2) is 9.59 Å². The third-order valence-electron chi connectivity index (χ3n) is 6.57. The smallest absolute Gasteiger partial charge is 0.475 e. The molecule has 4 heterocycles. The van der Waals surface area contributed by atoms with Crippen molar-refractivity contribution in [1.82, 2.24) is 14.8 Å². The van der Waals surface area contributed by atoms with Gasteiger partial charge in [0.1, 0.15) is 0 Å². The van der Waals surface area contributed by atoms with Crippen LogP contribution in [-0.2, 0) is 25.7 Å². The highest BCUT2D eigenvalue weighted by atomic mass is 32.1. The van der Waals surface area contributed by atoms with Gasteiger partial charge >= 0.3 is 24.3 Å². The van der Waals surface area contributed by atoms with E-state index in [0.29, 0.717) is 19.1 Å². The number of rotatable bonds is 5. The number of likely N-dealkylation sites (tertiary alicyclic amines) is 1. The van der Waals surface area contributed by atoms with Crippen molar-refractivity contribution in [1.29, 1.82) is 0 Å². The molecule has 0 bridgehead atoms. The quantitative estimate of drug-likeness (QED) is 0.487. The summed E-state index contributed by atoms with van der Waals surface area (Å²) in [6, 6.07) is 6.21. The lowest BCUT2D eigenvalue weighted by molar-refractivity contribution is -0.193. The summed E-state index contributed by atoms with van der Waals surface area (Å²) in [5.74, 6) is -4.61. The van der Waals surface area contributed by atoms with Crippen LogP contribution in [0.25, 0.3) is 0 Å². The number of carboxylic acids is 2. The Bertz CT molecular complexity index is 1150. The molecule has 2 N–H and O–H groups in total. The van der Waals surface area contributed by atoms with Crippen LogP contribution in [0.4, 0.5) is 26.3 Å². The fourth-order valence-corrected chi connectivity index (χ4v) is 5.21. The van der Waals surface area contributed by atoms with Crippen molar-refractivity contribution >= 4 is 29.2 Å². The second kappa shape index (κ2) is 13.2. The van der Waals surface area contributed by atoms with Crippen LogP contribution in [0, 0.1) is 5.92 Å². The molecule has 1 aliphatic carbocycles. The van der Waals surface area contributed by atoms with E-state index >= 15 is 0 Å². The first-order chi connectivity index (χ1) is 19.1. The fraction of sp³-hybridized carbons (Fsp3) is 0.520. The van der Waals surface area contributed by atoms with Crippen molar-refractivity contribution in [3.63, 3.8) is 0 Å². The summed E-state index contributed by atoms with van der Waals surface area (Å²) < 4.78 is 69.8. The number of pyridine rings is 1. The van der Waals surface area contributed by atoms with E-state index in [2.05, 4.69) is 37.7 Å². The number of carbonyl (C=O) groups excluding carboxylic acids is 1. The number of aliphatic carboxylic acids is 2. The van der Waals surface area contributed by atoms with Gasteiger partial charge < -0.3 is 19.8 Å². The molecule has 2 saturated heterocycles. The van der Waals surface area contributed by atoms with E-state index < -0.39 is 29.9 Å². The molecule has 1 amide bonds. The predicted molar refractivity (Wildman–Crippen MR) is 132 cm³/mol. The van der Waals surface area contributed by atoms with E-state index in [0.717, 1.165) is 31.7 Å². The van der Waals surface area contributed by atoms with Gasteiger partial charge in [0.05, 0.1) is 6.61 Å². The molecule has 2 unspecified atom stereocenters. The molecule has 1 saturated carbocycles. The number of carboxylic acid groups (broad SMARTS) is 2. The van der Waals surface area contributed by atoms with Crippen LogP contribution in [0.2, 0.25) is 0 Å². The highest BCUT2D eigenvalue weighted by molar-refractivity contribution is 7.07. The summed E-state index contributed by atoms with van der Waals surface area (Å²) in [5.41, 5.74) is 1.64. The number of carbonyl (C=O) groups is 3. The van der Waals surface area contributed by atoms with Crippen LogP contribution in [-0.4, -0.2) is 93.6 Å². The topological polar surface area (TPSA) is 120 Å². The zero-order chi connectivity index (χ0) is 30.4. The fourth-order valence-electron chi connectivity index (χ4n) is 4.55. The average Bonchev–Trinajstić information content (AvgIpc) is 3.42. The van der Waals surface area contributed by atoms with Gasteiger partial charge in [-0.3, -0.25) is 14.7 Å². The average molecular weight is 612 g/mol. The molecule has 226 valence electrons. The molecule has 9 nitrogen and oxygen atoms in total. The van der Waals surface area contributed by atoms with Crippen LogP contribution in [0.5, 0.6) is 0 Å². The number of halogens is 6. The van der Waals surface area contributed by atoms with E-state index in [1.807, 2.05) is 12.3 Å². The van der Waals surface area contributed by atoms with Crippen molar-refractivity contribution in [2.45, 2.75) is 43.3 Å². The number of thiophene rings is 1. The van der Waals surface area contributed by atoms with Crippen molar-refractivity contribution in [2.75, 3.05) is 32.8 Å². The van der Waals surface area contributed by atoms with E-state index in [1.54, 1.807) is 17.5 Å². The molecule has 2 aromatic rings. The SMILES string of the molecule is O=C(O)C(F)(F)F.O=C(O)C(F)(F)F.O=C1N(CC2CC2)CCOC12CN(Cc1ccsc1)CC2c1cccnc1. The zero-order valence-electron chi connectivity index (χ0n) is 21.4. The van der Waals surface area contributed by atoms with Crippen LogP contribution in [0.3, 0.4) is 0 Å². The van der Waals surface area contributed by atoms with Crippen LogP contribution in [0.1, 0.15) is 29.9 Å². The first-order valence-corrected chi connectivity index (χ1v) is 13.2. The highest BCUT2D eigenvalue weighted by Gasteiger charge is 2.57. The van der Waals surface area contributed by atoms with Gasteiger partial charge in [0.2, 0.25) is 0 Å². The van der Waals surface area contributed by atoms with Crippen molar-refractivity contribution < 1.29 is 55.7 Å². The molecule has 2 aromatic heterocycles. The molecule has 0 aromatic carbocycles. The second-order valence-electron chi connectivity index (χ2n) is 9.68. The zero-order valence-corrected chi connectivity index (χ0v) is 22.2. The van der Waals surface area contributed by atoms with Gasteiger partial charge in [0.15, 0.2) is 5.60 Å². The molecular weight excluding hydrogens is 584 g/mol. The Morgan fingerprint density at radius 2 is 1.73 bits per heavy atom. The molecule has 5 rings (SSSR count). The highest BCUT2D eigenvalue weighted by Crippen LogP contribution is 2.43. The number of ether oxygens (including phenoxy) is 1. The van der Waals surface area contributed by atoms with E-state index in [9.17, 15) is 31.1 Å². The summed E-state index contributed by atoms with van der Waals surface area (Å²) in [7, 11) is 0. The number of morpholine rings is 1. The van der Waals surface area contributed by atoms with Crippen molar-refractivity contribution in [2.24, 2.45) is 5.92 Å². The second-order valence-corrected chi connectivity index (χ2v) is 10.5. The summed E-state index contributed by atoms with van der Waals surface area (Å²) in [5, 5.41) is 18.5. The normalized spacial score (nSPS) is 22.9. The van der Waals surface area contributed by atoms with Gasteiger partial charge in [-0.05, 0) is 52.8 Å². The molecule has 41 heavy (non-hydrogen) atoms. The van der Waals surface area contributed by atoms with Crippen LogP contribution in [0.15, 0.2) is 41.4 Å². The van der Waals surface area contributed by atoms with Crippen LogP contribution >= 0.6 is 11.3 Å². The summed E-state index contributed by atoms with van der Waals surface area (Å²) >= 11 is 1.72. The maximum absolute atomic E-state index is 13.6. The largest absolute Gasteiger partial charge is 0.490 e. The summed E-state index contributed by atoms with van der Waals surface area (Å²) in [4.78, 5) is 40.1. The minimum Gasteiger partial charge on any atom is -0.475 e. The van der Waals surface area contributed by atoms with Crippen molar-refractivity contribution in [3.8, 4) is 0 Å². The van der Waals surface area contributed by atoms with E-state index in [4.69, 9.17) is 24.5 Å². The van der Waals surface area contributed by atoms with Crippen molar-refractivity contribution in [3.05, 3.63) is 52.5 Å². The lowest BCUT2D eigenvalue weighted by Crippen LogP contribution is -2.60. The van der Waals surface area contributed by atoms with Gasteiger partial charge in [-0.2, -0.15) is 37.7 Å². The first-order valence-electron chi connectivity index (χ1n) is 12.3. The number of alkyl halides is 6. The van der Waals surface area contributed by atoms with E-state index in [1.165, 1.54) is 18.4 Å². The predicted octanol–water partition coefficient (Wildman–Crippen LogP) is 4.02. The summed E-state index contributed by atoms with van der Waals surface area (Å²) in [6.07, 6.45) is -3.96. The Morgan fingerprint density at radius 1 is 1.10 bits per heavy atom. The number of nitrogens with zero attached hydrogens (tertiary/aromatic N) is 3. The number of aromatic nitrogens is 1. The van der Waals surface area contributed by atoms with Gasteiger partial charge in [0.25, 0.3) is 5.91 Å². The molecule has 2 aliphatic heterocycles. The van der Waals surface area contributed by atoms with Gasteiger partial charge in [-0.1, -0.05) is 6.07 Å². The third-order valence-corrected chi connectivity index (χ3v) is 7.30. The Kier molecular flexibility index (Phi) is 10.4. The molecule has 16 heteroatoms. The van der Waals surface area contributed by atoms with Gasteiger partial charge in [0, 0.05) is 51.0 Å². The molecule has 3 aliphatic rings. The third kappa shape index (κ3) is 8.87. The van der Waals surface area contributed by atoms with Crippen LogP contribution < -0.4 is 0 Å². The lowest BCUT2D eigenvalue weighted by Gasteiger charge is -2.42. The monoisotopic (exact) mass is 611 g/mol. The first kappa shape index (κ1) is 32.3. The van der Waals surface area contributed by atoms with Gasteiger partial charge in [-0.15, -0.1) is 0 Å². The minimum atomic E-state index is -5.08. The maximum Gasteiger partial charge on any atom is 0.490 e. The minimum absolute atomic E-state index is 0.0272. The standard InChI is InChI=1S/C21H25N3O2S.2C2HF3O2/c25-20-21(26-8-7-24(20)12-16-3-4-16)15-23(11-17-5-9-27-14-17)13-19(21)18-2-1-6-22-10-18;2*3-2(4,5)1(6)7/h1-2,5-6,9-10,14,16,19H,3-4,7-8,11-13,15H2;2*(H,6,7). The number of hydrogen-bond acceptors (Lipinski definition) is 7. The maximum atomic E-state index is 13.6. The summed E-state index contributed by atoms with van der Waals surface area (Å²) in [6.45, 7) is 4.59. The Morgan fingerprint density at radius 3 is 2.22 bits per heavy atom. The Hall–Kier alpha value is -3.24. The Balaban J connectivity index is 0.000000276. The number of amides is 1. The molecule has 3 fully saturated rings. The molecular formula is C25H27F6N3O6S. The van der Waals surface area contributed by atoms with E-state index in [-0.39, 0.29) is 11.8 Å². The Labute approximate surface area is 234 Å². The molecule has 2 atom stereocenters. The number of hydrogen-bond donors (Lipinski definition) is 2. The molecule has 0 radical (unpaired) electrons.